The smallest absolute Gasteiger partial charge is 0.323 e. The first-order valence-corrected chi connectivity index (χ1v) is 6.90. The number of hydrogen-bond donors (Lipinski definition) is 2. The van der Waals surface area contributed by atoms with Gasteiger partial charge in [0.1, 0.15) is 5.54 Å². The minimum atomic E-state index is -0.901. The van der Waals surface area contributed by atoms with Crippen LogP contribution in [0.4, 0.5) is 0 Å². The van der Waals surface area contributed by atoms with Crippen molar-refractivity contribution in [2.75, 3.05) is 13.2 Å². The summed E-state index contributed by atoms with van der Waals surface area (Å²) < 4.78 is 5.57. The minimum Gasteiger partial charge on any atom is -0.480 e. The lowest BCUT2D eigenvalue weighted by Crippen LogP contribution is -2.53. The van der Waals surface area contributed by atoms with Crippen molar-refractivity contribution >= 4 is 5.97 Å². The van der Waals surface area contributed by atoms with Crippen LogP contribution in [0.5, 0.6) is 0 Å². The largest absolute Gasteiger partial charge is 0.480 e. The van der Waals surface area contributed by atoms with E-state index in [1.54, 1.807) is 6.92 Å². The fourth-order valence-electron chi connectivity index (χ4n) is 2.01. The van der Waals surface area contributed by atoms with Crippen molar-refractivity contribution < 1.29 is 14.6 Å². The molecule has 0 heterocycles. The first-order chi connectivity index (χ1) is 8.31. The number of nitrogens with one attached hydrogen (secondary N) is 1. The van der Waals surface area contributed by atoms with Crippen LogP contribution in [0.3, 0.4) is 0 Å². The van der Waals surface area contributed by atoms with Crippen molar-refractivity contribution in [3.63, 3.8) is 0 Å². The van der Waals surface area contributed by atoms with Crippen LogP contribution in [0.2, 0.25) is 0 Å². The van der Waals surface area contributed by atoms with Crippen molar-refractivity contribution in [3.05, 3.63) is 0 Å². The minimum absolute atomic E-state index is 0.144. The van der Waals surface area contributed by atoms with Gasteiger partial charge in [0.25, 0.3) is 0 Å². The number of carboxylic acid groups (broad SMARTS) is 1. The maximum absolute atomic E-state index is 11.3. The lowest BCUT2D eigenvalue weighted by Gasteiger charge is -2.28. The molecule has 0 aliphatic heterocycles. The van der Waals surface area contributed by atoms with Crippen LogP contribution in [-0.4, -0.2) is 35.9 Å². The van der Waals surface area contributed by atoms with E-state index in [1.807, 2.05) is 13.8 Å². The van der Waals surface area contributed by atoms with Crippen molar-refractivity contribution in [1.29, 1.82) is 0 Å². The van der Waals surface area contributed by atoms with Gasteiger partial charge in [0.15, 0.2) is 0 Å². The summed E-state index contributed by atoms with van der Waals surface area (Å²) in [6.07, 6.45) is 2.80. The normalized spacial score (nSPS) is 16.6. The molecule has 0 saturated carbocycles. The van der Waals surface area contributed by atoms with E-state index >= 15 is 0 Å². The molecular weight excluding hydrogens is 230 g/mol. The second-order valence-electron chi connectivity index (χ2n) is 5.66. The fraction of sp³-hybridized carbons (Fsp3) is 0.929. The van der Waals surface area contributed by atoms with Crippen molar-refractivity contribution in [2.45, 2.75) is 65.5 Å². The Labute approximate surface area is 111 Å². The first kappa shape index (κ1) is 17.4. The highest BCUT2D eigenvalue weighted by molar-refractivity contribution is 5.78. The Kier molecular flexibility index (Phi) is 8.20. The molecule has 18 heavy (non-hydrogen) atoms. The predicted molar refractivity (Wildman–Crippen MR) is 73.8 cm³/mol. The lowest BCUT2D eigenvalue weighted by atomic mass is 9.97. The van der Waals surface area contributed by atoms with E-state index in [0.29, 0.717) is 25.6 Å². The molecule has 0 amide bonds. The van der Waals surface area contributed by atoms with Gasteiger partial charge in [-0.1, -0.05) is 20.3 Å². The summed E-state index contributed by atoms with van der Waals surface area (Å²) in [7, 11) is 0. The molecule has 0 aromatic carbocycles. The third-order valence-electron chi connectivity index (χ3n) is 3.01. The summed E-state index contributed by atoms with van der Waals surface area (Å²) in [6.45, 7) is 11.1. The molecule has 0 aliphatic rings. The van der Waals surface area contributed by atoms with Crippen LogP contribution in [-0.2, 0) is 9.53 Å². The zero-order chi connectivity index (χ0) is 14.2. The molecule has 0 saturated heterocycles. The van der Waals surface area contributed by atoms with Gasteiger partial charge in [-0.15, -0.1) is 0 Å². The molecule has 0 radical (unpaired) electrons. The maximum atomic E-state index is 11.3. The molecule has 2 unspecified atom stereocenters. The Morgan fingerprint density at radius 2 is 2.00 bits per heavy atom. The second-order valence-corrected chi connectivity index (χ2v) is 5.66. The molecule has 108 valence electrons. The molecule has 0 aromatic rings. The third kappa shape index (κ3) is 6.97. The number of carboxylic acids is 1. The van der Waals surface area contributed by atoms with Crippen molar-refractivity contribution in [2.24, 2.45) is 5.92 Å². The van der Waals surface area contributed by atoms with Gasteiger partial charge in [0.2, 0.25) is 0 Å². The van der Waals surface area contributed by atoms with E-state index in [1.165, 1.54) is 0 Å². The summed E-state index contributed by atoms with van der Waals surface area (Å²) in [5.41, 5.74) is -0.901. The first-order valence-electron chi connectivity index (χ1n) is 6.90. The highest BCUT2D eigenvalue weighted by atomic mass is 16.5. The van der Waals surface area contributed by atoms with E-state index in [2.05, 4.69) is 19.2 Å². The van der Waals surface area contributed by atoms with E-state index in [0.717, 1.165) is 12.8 Å². The molecule has 0 aliphatic carbocycles. The topological polar surface area (TPSA) is 58.6 Å². The van der Waals surface area contributed by atoms with Crippen molar-refractivity contribution in [1.82, 2.24) is 5.32 Å². The number of hydrogen-bond acceptors (Lipinski definition) is 3. The van der Waals surface area contributed by atoms with E-state index in [9.17, 15) is 9.90 Å². The predicted octanol–water partition coefficient (Wildman–Crippen LogP) is 2.67. The summed E-state index contributed by atoms with van der Waals surface area (Å²) in [6, 6.07) is 0.144. The van der Waals surface area contributed by atoms with Crippen LogP contribution in [0.25, 0.3) is 0 Å². The maximum Gasteiger partial charge on any atom is 0.323 e. The number of ether oxygens (including phenoxy) is 1. The Hall–Kier alpha value is -0.610. The van der Waals surface area contributed by atoms with E-state index in [-0.39, 0.29) is 6.04 Å². The molecule has 0 bridgehead atoms. The summed E-state index contributed by atoms with van der Waals surface area (Å²) in [4.78, 5) is 11.3. The van der Waals surface area contributed by atoms with Crippen LogP contribution < -0.4 is 5.32 Å². The molecule has 0 spiro atoms. The number of aliphatic carboxylic acids is 1. The Morgan fingerprint density at radius 3 is 2.44 bits per heavy atom. The molecular formula is C14H29NO3. The van der Waals surface area contributed by atoms with Gasteiger partial charge in [0, 0.05) is 19.3 Å². The van der Waals surface area contributed by atoms with Crippen LogP contribution in [0.1, 0.15) is 53.9 Å². The number of rotatable bonds is 10. The van der Waals surface area contributed by atoms with E-state index < -0.39 is 11.5 Å². The van der Waals surface area contributed by atoms with Crippen LogP contribution in [0, 0.1) is 5.92 Å². The Balaban J connectivity index is 4.02. The second kappa shape index (κ2) is 8.48. The molecule has 2 N–H and O–H groups in total. The summed E-state index contributed by atoms with van der Waals surface area (Å²) >= 11 is 0. The van der Waals surface area contributed by atoms with Gasteiger partial charge in [-0.2, -0.15) is 0 Å². The number of carbonyl (C=O) groups is 1. The van der Waals surface area contributed by atoms with Gasteiger partial charge in [-0.3, -0.25) is 10.1 Å². The SMILES string of the molecule is CCCC(C)COCCC(C)(NC(C)C)C(=O)O. The summed E-state index contributed by atoms with van der Waals surface area (Å²) in [5, 5.41) is 12.3. The highest BCUT2D eigenvalue weighted by Crippen LogP contribution is 2.13. The zero-order valence-electron chi connectivity index (χ0n) is 12.5. The van der Waals surface area contributed by atoms with Gasteiger partial charge in [0.05, 0.1) is 0 Å². The molecule has 0 rings (SSSR count). The molecule has 4 heteroatoms. The Bertz CT molecular complexity index is 243. The van der Waals surface area contributed by atoms with Gasteiger partial charge in [-0.25, -0.2) is 0 Å². The molecule has 4 nitrogen and oxygen atoms in total. The van der Waals surface area contributed by atoms with E-state index in [4.69, 9.17) is 4.74 Å². The third-order valence-corrected chi connectivity index (χ3v) is 3.01. The van der Waals surface area contributed by atoms with Gasteiger partial charge in [-0.05, 0) is 39.5 Å². The average molecular weight is 259 g/mol. The quantitative estimate of drug-likeness (QED) is 0.592. The highest BCUT2D eigenvalue weighted by Gasteiger charge is 2.32. The van der Waals surface area contributed by atoms with Crippen LogP contribution in [0.15, 0.2) is 0 Å². The molecule has 0 aromatic heterocycles. The fourth-order valence-corrected chi connectivity index (χ4v) is 2.01. The average Bonchev–Trinajstić information content (AvgIpc) is 2.23. The van der Waals surface area contributed by atoms with Gasteiger partial charge < -0.3 is 9.84 Å². The lowest BCUT2D eigenvalue weighted by molar-refractivity contribution is -0.145. The standard InChI is InChI=1S/C14H29NO3/c1-6-7-12(4)10-18-9-8-14(5,13(16)17)15-11(2)3/h11-12,15H,6-10H2,1-5H3,(H,16,17). The zero-order valence-corrected chi connectivity index (χ0v) is 12.5. The Morgan fingerprint density at radius 1 is 1.39 bits per heavy atom. The van der Waals surface area contributed by atoms with Crippen LogP contribution >= 0.6 is 0 Å². The summed E-state index contributed by atoms with van der Waals surface area (Å²) in [5.74, 6) is -0.273. The molecule has 0 fully saturated rings. The molecule has 2 atom stereocenters. The monoisotopic (exact) mass is 259 g/mol. The van der Waals surface area contributed by atoms with Crippen molar-refractivity contribution in [3.8, 4) is 0 Å². The van der Waals surface area contributed by atoms with Gasteiger partial charge >= 0.3 is 5.97 Å².